The molecule has 0 aliphatic carbocycles. The van der Waals surface area contributed by atoms with Gasteiger partial charge in [-0.05, 0) is 116 Å². The van der Waals surface area contributed by atoms with Crippen LogP contribution in [0.15, 0.2) is 134 Å². The second-order valence-electron chi connectivity index (χ2n) is 27.6. The Morgan fingerprint density at radius 3 is 0.828 bits per heavy atom. The highest BCUT2D eigenvalue weighted by molar-refractivity contribution is 7.47. The van der Waals surface area contributed by atoms with Gasteiger partial charge in [-0.1, -0.05) is 392 Å². The van der Waals surface area contributed by atoms with E-state index in [1.807, 2.05) is 0 Å². The first-order valence-corrected chi connectivity index (χ1v) is 43.2. The van der Waals surface area contributed by atoms with Crippen LogP contribution in [-0.4, -0.2) is 49.3 Å². The molecule has 2 atom stereocenters. The van der Waals surface area contributed by atoms with E-state index in [0.29, 0.717) is 6.42 Å². The van der Waals surface area contributed by atoms with Gasteiger partial charge in [-0.15, -0.1) is 0 Å². The number of rotatable bonds is 78. The first-order chi connectivity index (χ1) is 48.8. The van der Waals surface area contributed by atoms with Crippen molar-refractivity contribution in [2.45, 2.75) is 392 Å². The number of phosphoric ester groups is 1. The number of unbranched alkanes of at least 4 members (excludes halogenated alkanes) is 43. The van der Waals surface area contributed by atoms with Crippen LogP contribution in [-0.2, 0) is 32.7 Å². The minimum absolute atomic E-state index is 0.0485. The van der Waals surface area contributed by atoms with E-state index in [9.17, 15) is 19.0 Å². The molecule has 0 aliphatic heterocycles. The Morgan fingerprint density at radius 2 is 0.556 bits per heavy atom. The van der Waals surface area contributed by atoms with E-state index < -0.39 is 26.5 Å². The summed E-state index contributed by atoms with van der Waals surface area (Å²) in [5.41, 5.74) is 5.42. The van der Waals surface area contributed by atoms with Crippen molar-refractivity contribution in [1.82, 2.24) is 0 Å². The van der Waals surface area contributed by atoms with Crippen LogP contribution < -0.4 is 5.73 Å². The maximum atomic E-state index is 12.8. The lowest BCUT2D eigenvalue weighted by Crippen LogP contribution is -2.29. The van der Waals surface area contributed by atoms with Crippen molar-refractivity contribution in [1.29, 1.82) is 0 Å². The van der Waals surface area contributed by atoms with Gasteiger partial charge in [0.05, 0.1) is 13.2 Å². The molecule has 0 saturated carbocycles. The van der Waals surface area contributed by atoms with Gasteiger partial charge in [-0.3, -0.25) is 18.6 Å². The average Bonchev–Trinajstić information content (AvgIpc) is 1.64. The number of phosphoric acid groups is 1. The SMILES string of the molecule is CC/C=C\C/C=C\C/C=C\C/C=C\C/C=C\C/C=C\C/C=C\C/C=C\C/C=C\CCCCCCCCCCCC(=O)OC(COC(=O)CCCCCCCCCCCCCCCCCCCCCCCCCCCCCCC/C=C\C/C=C\CCCCCCC)COP(=O)(O)OCCN. The highest BCUT2D eigenvalue weighted by Crippen LogP contribution is 2.43. The van der Waals surface area contributed by atoms with Crippen molar-refractivity contribution < 1.29 is 37.6 Å². The van der Waals surface area contributed by atoms with E-state index in [1.165, 1.54) is 244 Å². The van der Waals surface area contributed by atoms with E-state index in [4.69, 9.17) is 24.3 Å². The van der Waals surface area contributed by atoms with Gasteiger partial charge in [0.1, 0.15) is 6.61 Å². The summed E-state index contributed by atoms with van der Waals surface area (Å²) in [5.74, 6) is -0.826. The van der Waals surface area contributed by atoms with E-state index in [0.717, 1.165) is 109 Å². The van der Waals surface area contributed by atoms with E-state index in [2.05, 4.69) is 148 Å². The molecule has 0 fully saturated rings. The Bertz CT molecular complexity index is 2100. The van der Waals surface area contributed by atoms with Crippen molar-refractivity contribution in [2.75, 3.05) is 26.4 Å². The number of ether oxygens (including phenoxy) is 2. The summed E-state index contributed by atoms with van der Waals surface area (Å²) in [6, 6.07) is 0. The first-order valence-electron chi connectivity index (χ1n) is 41.7. The molecule has 99 heavy (non-hydrogen) atoms. The summed E-state index contributed by atoms with van der Waals surface area (Å²) in [6.07, 6.45) is 119. The molecule has 0 saturated heterocycles. The second kappa shape index (κ2) is 83.1. The van der Waals surface area contributed by atoms with Gasteiger partial charge in [0.15, 0.2) is 6.10 Å². The Balaban J connectivity index is 3.82. The lowest BCUT2D eigenvalue weighted by molar-refractivity contribution is -0.161. The molecule has 9 nitrogen and oxygen atoms in total. The molecule has 0 bridgehead atoms. The third kappa shape index (κ3) is 83.0. The molecule has 3 N–H and O–H groups in total. The van der Waals surface area contributed by atoms with E-state index in [-0.39, 0.29) is 38.6 Å². The maximum absolute atomic E-state index is 12.8. The van der Waals surface area contributed by atoms with Gasteiger partial charge in [0.25, 0.3) is 0 Å². The van der Waals surface area contributed by atoms with Crippen LogP contribution in [0, 0.1) is 0 Å². The van der Waals surface area contributed by atoms with Crippen molar-refractivity contribution in [3.63, 3.8) is 0 Å². The number of hydrogen-bond acceptors (Lipinski definition) is 8. The van der Waals surface area contributed by atoms with Crippen LogP contribution in [0.3, 0.4) is 0 Å². The predicted molar refractivity (Wildman–Crippen MR) is 431 cm³/mol. The van der Waals surface area contributed by atoms with Crippen LogP contribution in [0.1, 0.15) is 386 Å². The van der Waals surface area contributed by atoms with Crippen molar-refractivity contribution in [2.24, 2.45) is 5.73 Å². The van der Waals surface area contributed by atoms with Gasteiger partial charge in [0.2, 0.25) is 0 Å². The molecular formula is C89H156NO8P. The number of allylic oxidation sites excluding steroid dienone is 22. The van der Waals surface area contributed by atoms with Crippen molar-refractivity contribution in [3.8, 4) is 0 Å². The number of esters is 2. The highest BCUT2D eigenvalue weighted by Gasteiger charge is 2.26. The third-order valence-electron chi connectivity index (χ3n) is 18.0. The third-order valence-corrected chi connectivity index (χ3v) is 19.0. The fourth-order valence-corrected chi connectivity index (χ4v) is 12.7. The molecule has 0 amide bonds. The van der Waals surface area contributed by atoms with Crippen molar-refractivity contribution >= 4 is 19.8 Å². The van der Waals surface area contributed by atoms with Crippen LogP contribution in [0.2, 0.25) is 0 Å². The predicted octanol–water partition coefficient (Wildman–Crippen LogP) is 28.3. The monoisotopic (exact) mass is 1400 g/mol. The number of hydrogen-bond donors (Lipinski definition) is 2. The minimum Gasteiger partial charge on any atom is -0.462 e. The lowest BCUT2D eigenvalue weighted by Gasteiger charge is -2.19. The Morgan fingerprint density at radius 1 is 0.313 bits per heavy atom. The average molecular weight is 1400 g/mol. The van der Waals surface area contributed by atoms with Gasteiger partial charge in [0, 0.05) is 19.4 Å². The second-order valence-corrected chi connectivity index (χ2v) is 29.1. The molecule has 0 spiro atoms. The minimum atomic E-state index is -4.41. The Labute approximate surface area is 612 Å². The van der Waals surface area contributed by atoms with Gasteiger partial charge in [-0.2, -0.15) is 0 Å². The number of carbonyl (C=O) groups is 2. The van der Waals surface area contributed by atoms with Crippen LogP contribution in [0.5, 0.6) is 0 Å². The molecule has 0 heterocycles. The summed E-state index contributed by atoms with van der Waals surface area (Å²) in [6.45, 7) is 3.65. The van der Waals surface area contributed by atoms with Crippen LogP contribution in [0.25, 0.3) is 0 Å². The smallest absolute Gasteiger partial charge is 0.462 e. The number of nitrogens with two attached hydrogens (primary N) is 1. The normalized spacial score (nSPS) is 13.5. The quantitative estimate of drug-likeness (QED) is 0.0264. The molecule has 0 aromatic heterocycles. The van der Waals surface area contributed by atoms with Gasteiger partial charge in [-0.25, -0.2) is 4.57 Å². The van der Waals surface area contributed by atoms with Crippen LogP contribution >= 0.6 is 7.82 Å². The lowest BCUT2D eigenvalue weighted by atomic mass is 10.0. The van der Waals surface area contributed by atoms with E-state index in [1.54, 1.807) is 0 Å². The Hall–Kier alpha value is -3.85. The molecule has 2 unspecified atom stereocenters. The summed E-state index contributed by atoms with van der Waals surface area (Å²) in [7, 11) is -4.41. The largest absolute Gasteiger partial charge is 0.472 e. The molecule has 570 valence electrons. The summed E-state index contributed by atoms with van der Waals surface area (Å²) < 4.78 is 33.3. The standard InChI is InChI=1S/C89H156NO8P/c1-3-5-7-9-11-13-15-17-19-21-23-25-27-29-31-33-35-37-39-41-42-43-44-46-47-49-51-53-55-57-59-61-63-65-67-69-71-73-75-77-79-81-88(91)95-85-87(86-97-99(93,94)96-84-83-90)98-89(92)82-80-78-76-74-72-70-68-66-64-62-60-58-56-54-52-50-48-45-40-38-36-34-32-30-28-26-24-22-20-18-16-14-12-10-8-6-4-2/h6,8,12,14-15,17-18,20-21,23-24,26,30,32,36,38,45,48,52,54,58,60,87H,3-5,7,9-11,13,16,19,22,25,27-29,31,33-35,37,39-44,46-47,49-51,53,55-57,59,61-86,90H2,1-2H3,(H,93,94)/b8-6-,14-12-,17-15-,20-18-,23-21-,26-24-,32-30-,38-36-,48-45-,54-52-,60-58-. The van der Waals surface area contributed by atoms with Crippen LogP contribution in [0.4, 0.5) is 0 Å². The highest BCUT2D eigenvalue weighted by atomic mass is 31.2. The summed E-state index contributed by atoms with van der Waals surface area (Å²) in [5, 5.41) is 0. The molecule has 10 heteroatoms. The summed E-state index contributed by atoms with van der Waals surface area (Å²) in [4.78, 5) is 35.5. The molecule has 0 aliphatic rings. The van der Waals surface area contributed by atoms with Crippen molar-refractivity contribution in [3.05, 3.63) is 134 Å². The first kappa shape index (κ1) is 95.2. The molecule has 0 radical (unpaired) electrons. The summed E-state index contributed by atoms with van der Waals surface area (Å²) >= 11 is 0. The zero-order valence-corrected chi connectivity index (χ0v) is 65.3. The Kier molecular flexibility index (Phi) is 79.9. The molecular weight excluding hydrogens is 1240 g/mol. The van der Waals surface area contributed by atoms with Gasteiger partial charge >= 0.3 is 19.8 Å². The topological polar surface area (TPSA) is 134 Å². The van der Waals surface area contributed by atoms with Gasteiger partial charge < -0.3 is 20.1 Å². The van der Waals surface area contributed by atoms with E-state index >= 15 is 0 Å². The maximum Gasteiger partial charge on any atom is 0.472 e. The molecule has 0 aromatic carbocycles. The zero-order chi connectivity index (χ0) is 71.5. The molecule has 0 aromatic rings. The fourth-order valence-electron chi connectivity index (χ4n) is 11.9. The number of carbonyl (C=O) groups excluding carboxylic acids is 2. The zero-order valence-electron chi connectivity index (χ0n) is 64.4. The molecule has 0 rings (SSSR count). The fraction of sp³-hybridized carbons (Fsp3) is 0.730.